The number of hydrogen-bond donors (Lipinski definition) is 1. The Morgan fingerprint density at radius 2 is 2.29 bits per heavy atom. The van der Waals surface area contributed by atoms with Gasteiger partial charge in [-0.3, -0.25) is 14.2 Å². The highest BCUT2D eigenvalue weighted by molar-refractivity contribution is 7.99. The predicted molar refractivity (Wildman–Crippen MR) is 131 cm³/mol. The van der Waals surface area contributed by atoms with Crippen LogP contribution in [0.3, 0.4) is 0 Å². The van der Waals surface area contributed by atoms with E-state index < -0.39 is 0 Å². The van der Waals surface area contributed by atoms with Crippen molar-refractivity contribution in [2.75, 3.05) is 11.1 Å². The number of aromatic nitrogens is 2. The van der Waals surface area contributed by atoms with Gasteiger partial charge in [0.25, 0.3) is 5.56 Å². The first kappa shape index (κ1) is 22.1. The van der Waals surface area contributed by atoms with Crippen LogP contribution in [-0.2, 0) is 24.2 Å². The Kier molecular flexibility index (Phi) is 6.55. The molecule has 0 spiro atoms. The summed E-state index contributed by atoms with van der Waals surface area (Å²) in [5.41, 5.74) is 2.75. The fourth-order valence-electron chi connectivity index (χ4n) is 3.85. The molecule has 1 atom stereocenters. The van der Waals surface area contributed by atoms with Crippen LogP contribution < -0.4 is 10.9 Å². The average molecular weight is 474 g/mol. The van der Waals surface area contributed by atoms with Crippen molar-refractivity contribution in [2.45, 2.75) is 44.8 Å². The van der Waals surface area contributed by atoms with Gasteiger partial charge in [-0.2, -0.15) is 0 Å². The Bertz CT molecular complexity index is 1230. The molecule has 1 amide bonds. The van der Waals surface area contributed by atoms with Gasteiger partial charge in [-0.05, 0) is 55.4 Å². The fourth-order valence-corrected chi connectivity index (χ4v) is 6.25. The average Bonchev–Trinajstić information content (AvgIpc) is 3.09. The minimum atomic E-state index is -0.172. The van der Waals surface area contributed by atoms with E-state index in [1.54, 1.807) is 34.1 Å². The summed E-state index contributed by atoms with van der Waals surface area (Å²) in [4.78, 5) is 32.7. The van der Waals surface area contributed by atoms with Gasteiger partial charge in [0.15, 0.2) is 5.16 Å². The van der Waals surface area contributed by atoms with Crippen LogP contribution in [0, 0.1) is 12.8 Å². The first-order valence-electron chi connectivity index (χ1n) is 10.2. The number of hydrogen-bond acceptors (Lipinski definition) is 5. The van der Waals surface area contributed by atoms with E-state index in [-0.39, 0.29) is 17.2 Å². The minimum absolute atomic E-state index is 0.0365. The van der Waals surface area contributed by atoms with Gasteiger partial charge in [0.1, 0.15) is 4.83 Å². The molecule has 1 aliphatic rings. The molecule has 162 valence electrons. The number of aryl methyl sites for hydroxylation is 2. The molecule has 1 N–H and O–H groups in total. The molecule has 3 aromatic rings. The lowest BCUT2D eigenvalue weighted by Gasteiger charge is -2.17. The fraction of sp³-hybridized carbons (Fsp3) is 0.348. The number of allylic oxidation sites excluding steroid dienone is 1. The largest absolute Gasteiger partial charge is 0.325 e. The summed E-state index contributed by atoms with van der Waals surface area (Å²) in [5, 5.41) is 4.75. The van der Waals surface area contributed by atoms with Crippen molar-refractivity contribution >= 4 is 56.5 Å². The molecular weight excluding hydrogens is 450 g/mol. The van der Waals surface area contributed by atoms with Crippen LogP contribution in [0.4, 0.5) is 5.69 Å². The van der Waals surface area contributed by atoms with E-state index >= 15 is 0 Å². The summed E-state index contributed by atoms with van der Waals surface area (Å²) in [5.74, 6) is 0.598. The molecule has 0 aliphatic heterocycles. The van der Waals surface area contributed by atoms with Gasteiger partial charge in [-0.1, -0.05) is 42.4 Å². The predicted octanol–water partition coefficient (Wildman–Crippen LogP) is 5.46. The second kappa shape index (κ2) is 9.18. The standard InChI is InChI=1S/C23H24ClN3O2S2/c1-4-9-27-22(29)20-16-8-5-13(2)10-18(16)31-21(20)26-23(27)30-12-19(28)25-17-11-15(24)7-6-14(17)3/h4,6-7,11,13H,1,5,8-10,12H2,2-3H3,(H,25,28). The van der Waals surface area contributed by atoms with Crippen LogP contribution in [0.5, 0.6) is 0 Å². The molecule has 1 aliphatic carbocycles. The molecule has 0 saturated carbocycles. The number of nitrogens with zero attached hydrogens (tertiary/aromatic N) is 2. The molecule has 0 radical (unpaired) electrons. The van der Waals surface area contributed by atoms with Crippen LogP contribution in [0.25, 0.3) is 10.2 Å². The summed E-state index contributed by atoms with van der Waals surface area (Å²) in [6, 6.07) is 5.38. The summed E-state index contributed by atoms with van der Waals surface area (Å²) in [6.45, 7) is 8.31. The summed E-state index contributed by atoms with van der Waals surface area (Å²) in [6.07, 6.45) is 4.71. The summed E-state index contributed by atoms with van der Waals surface area (Å²) < 4.78 is 1.63. The highest BCUT2D eigenvalue weighted by atomic mass is 35.5. The number of anilines is 1. The van der Waals surface area contributed by atoms with Gasteiger partial charge in [-0.15, -0.1) is 17.9 Å². The third-order valence-electron chi connectivity index (χ3n) is 5.50. The van der Waals surface area contributed by atoms with E-state index in [2.05, 4.69) is 18.8 Å². The topological polar surface area (TPSA) is 64.0 Å². The number of carbonyl (C=O) groups is 1. The van der Waals surface area contributed by atoms with Crippen LogP contribution in [0.2, 0.25) is 5.02 Å². The lowest BCUT2D eigenvalue weighted by molar-refractivity contribution is -0.113. The van der Waals surface area contributed by atoms with E-state index in [1.165, 1.54) is 22.2 Å². The molecule has 31 heavy (non-hydrogen) atoms. The Labute approximate surface area is 194 Å². The SMILES string of the molecule is C=CCn1c(SCC(=O)Nc2cc(Cl)ccc2C)nc2sc3c(c2c1=O)CCC(C)C3. The number of carbonyl (C=O) groups excluding carboxylic acids is 1. The zero-order valence-electron chi connectivity index (χ0n) is 17.5. The van der Waals surface area contributed by atoms with Crippen molar-refractivity contribution in [2.24, 2.45) is 5.92 Å². The van der Waals surface area contributed by atoms with Gasteiger partial charge in [0.05, 0.1) is 11.1 Å². The molecule has 4 rings (SSSR count). The van der Waals surface area contributed by atoms with E-state index in [0.29, 0.717) is 28.3 Å². The summed E-state index contributed by atoms with van der Waals surface area (Å²) in [7, 11) is 0. The molecule has 1 aromatic carbocycles. The second-order valence-corrected chi connectivity index (χ2v) is 10.4. The van der Waals surface area contributed by atoms with Crippen molar-refractivity contribution in [1.82, 2.24) is 9.55 Å². The normalized spacial score (nSPS) is 15.6. The number of rotatable bonds is 6. The number of thioether (sulfide) groups is 1. The van der Waals surface area contributed by atoms with Crippen LogP contribution in [-0.4, -0.2) is 21.2 Å². The van der Waals surface area contributed by atoms with Crippen molar-refractivity contribution in [1.29, 1.82) is 0 Å². The molecule has 2 aromatic heterocycles. The molecule has 0 bridgehead atoms. The zero-order valence-corrected chi connectivity index (χ0v) is 19.9. The number of nitrogens with one attached hydrogen (secondary N) is 1. The first-order valence-corrected chi connectivity index (χ1v) is 12.4. The van der Waals surface area contributed by atoms with Gasteiger partial charge in [0, 0.05) is 22.1 Å². The smallest absolute Gasteiger partial charge is 0.263 e. The third-order valence-corrected chi connectivity index (χ3v) is 7.86. The summed E-state index contributed by atoms with van der Waals surface area (Å²) >= 11 is 8.93. The molecule has 1 unspecified atom stereocenters. The Balaban J connectivity index is 1.61. The quantitative estimate of drug-likeness (QED) is 0.293. The minimum Gasteiger partial charge on any atom is -0.325 e. The van der Waals surface area contributed by atoms with Crippen molar-refractivity contribution < 1.29 is 4.79 Å². The van der Waals surface area contributed by atoms with Gasteiger partial charge in [-0.25, -0.2) is 4.98 Å². The maximum absolute atomic E-state index is 13.3. The molecule has 2 heterocycles. The maximum atomic E-state index is 13.3. The van der Waals surface area contributed by atoms with E-state index in [1.807, 2.05) is 13.0 Å². The number of halogens is 1. The molecule has 5 nitrogen and oxygen atoms in total. The Morgan fingerprint density at radius 1 is 1.48 bits per heavy atom. The van der Waals surface area contributed by atoms with Crippen molar-refractivity contribution in [3.05, 3.63) is 62.2 Å². The Morgan fingerprint density at radius 3 is 3.06 bits per heavy atom. The van der Waals surface area contributed by atoms with Gasteiger partial charge >= 0.3 is 0 Å². The van der Waals surface area contributed by atoms with Crippen LogP contribution in [0.1, 0.15) is 29.3 Å². The zero-order chi connectivity index (χ0) is 22.1. The highest BCUT2D eigenvalue weighted by Gasteiger charge is 2.24. The van der Waals surface area contributed by atoms with Crippen LogP contribution >= 0.6 is 34.7 Å². The Hall–Kier alpha value is -2.09. The van der Waals surface area contributed by atoms with E-state index in [4.69, 9.17) is 16.6 Å². The van der Waals surface area contributed by atoms with E-state index in [9.17, 15) is 9.59 Å². The van der Waals surface area contributed by atoms with Gasteiger partial charge in [0.2, 0.25) is 5.91 Å². The van der Waals surface area contributed by atoms with Crippen molar-refractivity contribution in [3.8, 4) is 0 Å². The van der Waals surface area contributed by atoms with Gasteiger partial charge < -0.3 is 5.32 Å². The lowest BCUT2D eigenvalue weighted by atomic mass is 9.89. The van der Waals surface area contributed by atoms with Crippen LogP contribution in [0.15, 0.2) is 40.8 Å². The maximum Gasteiger partial charge on any atom is 0.263 e. The number of fused-ring (bicyclic) bond motifs is 3. The third kappa shape index (κ3) is 4.59. The van der Waals surface area contributed by atoms with Crippen molar-refractivity contribution in [3.63, 3.8) is 0 Å². The first-order chi connectivity index (χ1) is 14.9. The molecular formula is C23H24ClN3O2S2. The number of amides is 1. The highest BCUT2D eigenvalue weighted by Crippen LogP contribution is 2.36. The monoisotopic (exact) mass is 473 g/mol. The molecule has 0 fully saturated rings. The lowest BCUT2D eigenvalue weighted by Crippen LogP contribution is -2.24. The molecule has 8 heteroatoms. The number of benzene rings is 1. The van der Waals surface area contributed by atoms with E-state index in [0.717, 1.165) is 35.0 Å². The number of thiophene rings is 1. The second-order valence-electron chi connectivity index (χ2n) is 7.93. The molecule has 0 saturated heterocycles.